The fourth-order valence-electron chi connectivity index (χ4n) is 1.44. The van der Waals surface area contributed by atoms with Crippen molar-refractivity contribution in [3.05, 3.63) is 77.9 Å². The van der Waals surface area contributed by atoms with Gasteiger partial charge in [-0.1, -0.05) is 52.8 Å². The van der Waals surface area contributed by atoms with Gasteiger partial charge in [-0.2, -0.15) is 5.26 Å². The second-order valence-corrected chi connectivity index (χ2v) is 4.99. The molecule has 24 heavy (non-hydrogen) atoms. The number of carbonyl (C=O) groups is 2. The molecule has 0 radical (unpaired) electrons. The molecule has 5 nitrogen and oxygen atoms in total. The zero-order valence-corrected chi connectivity index (χ0v) is 14.2. The van der Waals surface area contributed by atoms with Crippen LogP contribution in [0.2, 0.25) is 0 Å². The summed E-state index contributed by atoms with van der Waals surface area (Å²) in [6.45, 7) is 3.26. The highest BCUT2D eigenvalue weighted by Crippen LogP contribution is 2.15. The number of carboxylic acid groups (broad SMARTS) is 1. The summed E-state index contributed by atoms with van der Waals surface area (Å²) in [6.07, 6.45) is 0. The van der Waals surface area contributed by atoms with E-state index in [1.807, 2.05) is 12.1 Å². The van der Waals surface area contributed by atoms with Crippen molar-refractivity contribution < 1.29 is 19.4 Å². The molecule has 0 saturated carbocycles. The molecule has 0 heterocycles. The van der Waals surface area contributed by atoms with Crippen LogP contribution < -0.4 is 4.74 Å². The molecule has 0 bridgehead atoms. The van der Waals surface area contributed by atoms with Crippen LogP contribution in [0.15, 0.2) is 66.7 Å². The van der Waals surface area contributed by atoms with Gasteiger partial charge in [0.15, 0.2) is 0 Å². The molecule has 0 aliphatic heterocycles. The second-order valence-electron chi connectivity index (χ2n) is 4.43. The molecule has 0 fully saturated rings. The molecule has 2 aromatic carbocycles. The van der Waals surface area contributed by atoms with Gasteiger partial charge >= 0.3 is 11.9 Å². The first-order chi connectivity index (χ1) is 11.5. The molecule has 0 saturated heterocycles. The number of alkyl halides is 1. The Morgan fingerprint density at radius 1 is 1.12 bits per heavy atom. The lowest BCUT2D eigenvalue weighted by Crippen LogP contribution is -2.08. The van der Waals surface area contributed by atoms with Crippen LogP contribution in [-0.2, 0) is 10.1 Å². The van der Waals surface area contributed by atoms with Crippen molar-refractivity contribution in [1.82, 2.24) is 0 Å². The summed E-state index contributed by atoms with van der Waals surface area (Å²) in [5, 5.41) is 17.5. The number of aromatic carboxylic acids is 1. The number of hydrogen-bond acceptors (Lipinski definition) is 4. The zero-order valence-electron chi connectivity index (χ0n) is 12.6. The number of carbonyl (C=O) groups excluding carboxylic acids is 1. The fraction of sp³-hybridized carbons (Fsp3) is 0.0556. The van der Waals surface area contributed by atoms with E-state index in [4.69, 9.17) is 15.1 Å². The molecule has 2 aromatic rings. The van der Waals surface area contributed by atoms with Gasteiger partial charge in [0, 0.05) is 5.33 Å². The van der Waals surface area contributed by atoms with E-state index in [1.54, 1.807) is 48.5 Å². The molecule has 0 spiro atoms. The molecule has 0 aromatic heterocycles. The van der Waals surface area contributed by atoms with Crippen LogP contribution in [0.1, 0.15) is 15.9 Å². The highest BCUT2D eigenvalue weighted by Gasteiger charge is 2.08. The number of carboxylic acids is 1. The minimum absolute atomic E-state index is 0.209. The van der Waals surface area contributed by atoms with Gasteiger partial charge in [0.25, 0.3) is 0 Å². The topological polar surface area (TPSA) is 87.4 Å². The van der Waals surface area contributed by atoms with Crippen molar-refractivity contribution in [3.8, 4) is 11.8 Å². The van der Waals surface area contributed by atoms with E-state index >= 15 is 0 Å². The van der Waals surface area contributed by atoms with Crippen LogP contribution in [-0.4, -0.2) is 17.0 Å². The highest BCUT2D eigenvalue weighted by molar-refractivity contribution is 9.08. The number of rotatable bonds is 4. The summed E-state index contributed by atoms with van der Waals surface area (Å²) in [4.78, 5) is 21.3. The molecule has 2 rings (SSSR count). The van der Waals surface area contributed by atoms with E-state index in [9.17, 15) is 9.59 Å². The number of nitrogens with zero attached hydrogens (tertiary/aromatic N) is 1. The van der Waals surface area contributed by atoms with Gasteiger partial charge < -0.3 is 9.84 Å². The van der Waals surface area contributed by atoms with Gasteiger partial charge in [0.1, 0.15) is 17.4 Å². The summed E-state index contributed by atoms with van der Waals surface area (Å²) in [6, 6.07) is 16.9. The Morgan fingerprint density at radius 3 is 2.12 bits per heavy atom. The molecule has 6 heteroatoms. The molecular weight excluding hydrogens is 374 g/mol. The summed E-state index contributed by atoms with van der Waals surface area (Å²) in [5.74, 6) is -1.19. The van der Waals surface area contributed by atoms with Crippen molar-refractivity contribution in [2.24, 2.45) is 0 Å². The standard InChI is InChI=1S/C11H8BrNO2.C7H6O2/c1-8(7-13)11(14)15-10-4-2-9(6-12)3-5-10;8-7(9)6-4-2-1-3-5-6/h2-5H,1,6H2;1-5H,(H,8,9). The van der Waals surface area contributed by atoms with Crippen molar-refractivity contribution in [2.45, 2.75) is 5.33 Å². The first-order valence-corrected chi connectivity index (χ1v) is 7.84. The molecular formula is C18H14BrNO4. The van der Waals surface area contributed by atoms with Crippen molar-refractivity contribution in [2.75, 3.05) is 0 Å². The summed E-state index contributed by atoms with van der Waals surface area (Å²) >= 11 is 3.30. The average molecular weight is 388 g/mol. The van der Waals surface area contributed by atoms with Crippen LogP contribution in [0.3, 0.4) is 0 Å². The number of esters is 1. The predicted molar refractivity (Wildman–Crippen MR) is 92.9 cm³/mol. The smallest absolute Gasteiger partial charge is 0.353 e. The molecule has 122 valence electrons. The maximum atomic E-state index is 11.1. The Kier molecular flexibility index (Phi) is 7.96. The highest BCUT2D eigenvalue weighted by atomic mass is 79.9. The van der Waals surface area contributed by atoms with Crippen molar-refractivity contribution in [3.63, 3.8) is 0 Å². The van der Waals surface area contributed by atoms with Crippen LogP contribution in [0, 0.1) is 11.3 Å². The van der Waals surface area contributed by atoms with Gasteiger partial charge in [-0.3, -0.25) is 0 Å². The number of ether oxygens (including phenoxy) is 1. The maximum absolute atomic E-state index is 11.1. The van der Waals surface area contributed by atoms with Gasteiger partial charge in [-0.15, -0.1) is 0 Å². The Morgan fingerprint density at radius 2 is 1.71 bits per heavy atom. The van der Waals surface area contributed by atoms with E-state index in [2.05, 4.69) is 22.5 Å². The monoisotopic (exact) mass is 387 g/mol. The third-order valence-electron chi connectivity index (χ3n) is 2.69. The van der Waals surface area contributed by atoms with Gasteiger partial charge in [-0.05, 0) is 29.8 Å². The maximum Gasteiger partial charge on any atom is 0.353 e. The Hall–Kier alpha value is -2.91. The van der Waals surface area contributed by atoms with Crippen molar-refractivity contribution in [1.29, 1.82) is 5.26 Å². The van der Waals surface area contributed by atoms with Crippen molar-refractivity contribution >= 4 is 27.9 Å². The SMILES string of the molecule is C=C(C#N)C(=O)Oc1ccc(CBr)cc1.O=C(O)c1ccccc1. The van der Waals surface area contributed by atoms with E-state index < -0.39 is 11.9 Å². The molecule has 0 aliphatic carbocycles. The van der Waals surface area contributed by atoms with E-state index in [0.717, 1.165) is 10.9 Å². The Bertz CT molecular complexity index is 749. The third kappa shape index (κ3) is 6.46. The average Bonchev–Trinajstić information content (AvgIpc) is 2.62. The normalized spacial score (nSPS) is 9.00. The zero-order chi connectivity index (χ0) is 17.9. The number of nitriles is 1. The lowest BCUT2D eigenvalue weighted by Gasteiger charge is -2.02. The van der Waals surface area contributed by atoms with Crippen LogP contribution in [0.5, 0.6) is 5.75 Å². The molecule has 1 N–H and O–H groups in total. The predicted octanol–water partition coefficient (Wildman–Crippen LogP) is 3.95. The fourth-order valence-corrected chi connectivity index (χ4v) is 1.82. The number of benzene rings is 2. The van der Waals surface area contributed by atoms with Crippen LogP contribution in [0.25, 0.3) is 0 Å². The minimum Gasteiger partial charge on any atom is -0.478 e. The van der Waals surface area contributed by atoms with Gasteiger partial charge in [-0.25, -0.2) is 9.59 Å². The van der Waals surface area contributed by atoms with E-state index in [0.29, 0.717) is 11.3 Å². The van der Waals surface area contributed by atoms with Gasteiger partial charge in [0.2, 0.25) is 0 Å². The minimum atomic E-state index is -0.879. The lowest BCUT2D eigenvalue weighted by atomic mass is 10.2. The number of hydrogen-bond donors (Lipinski definition) is 1. The van der Waals surface area contributed by atoms with E-state index in [-0.39, 0.29) is 5.57 Å². The van der Waals surface area contributed by atoms with Crippen LogP contribution >= 0.6 is 15.9 Å². The van der Waals surface area contributed by atoms with Crippen LogP contribution in [0.4, 0.5) is 0 Å². The Balaban J connectivity index is 0.000000272. The summed E-state index contributed by atoms with van der Waals surface area (Å²) in [7, 11) is 0. The first kappa shape index (κ1) is 19.1. The second kappa shape index (κ2) is 9.98. The third-order valence-corrected chi connectivity index (χ3v) is 3.34. The van der Waals surface area contributed by atoms with E-state index in [1.165, 1.54) is 0 Å². The quantitative estimate of drug-likeness (QED) is 0.282. The Labute approximate surface area is 147 Å². The molecule has 0 aliphatic rings. The molecule has 0 amide bonds. The summed E-state index contributed by atoms with van der Waals surface area (Å²) in [5.41, 5.74) is 1.20. The molecule has 0 atom stereocenters. The largest absolute Gasteiger partial charge is 0.478 e. The molecule has 0 unspecified atom stereocenters. The van der Waals surface area contributed by atoms with Gasteiger partial charge in [0.05, 0.1) is 5.56 Å². The number of halogens is 1. The summed E-state index contributed by atoms with van der Waals surface area (Å²) < 4.78 is 4.89. The first-order valence-electron chi connectivity index (χ1n) is 6.72. The lowest BCUT2D eigenvalue weighted by molar-refractivity contribution is -0.129.